The Morgan fingerprint density at radius 2 is 2.25 bits per heavy atom. The Balaban J connectivity index is 3.41. The predicted molar refractivity (Wildman–Crippen MR) is 41.2 cm³/mol. The van der Waals surface area contributed by atoms with Crippen molar-refractivity contribution in [1.82, 2.24) is 9.55 Å². The summed E-state index contributed by atoms with van der Waals surface area (Å²) in [7, 11) is 1.49. The summed E-state index contributed by atoms with van der Waals surface area (Å²) in [4.78, 5) is 25.1. The molecule has 0 aliphatic heterocycles. The van der Waals surface area contributed by atoms with E-state index in [1.54, 1.807) is 0 Å². The molecule has 0 saturated carbocycles. The first-order valence-electron chi connectivity index (χ1n) is 3.30. The van der Waals surface area contributed by atoms with Gasteiger partial charge in [-0.3, -0.25) is 4.79 Å². The van der Waals surface area contributed by atoms with E-state index in [4.69, 9.17) is 5.11 Å². The lowest BCUT2D eigenvalue weighted by Crippen LogP contribution is -2.22. The van der Waals surface area contributed by atoms with Gasteiger partial charge in [0.1, 0.15) is 5.69 Å². The van der Waals surface area contributed by atoms with Crippen LogP contribution in [0.4, 0.5) is 0 Å². The second kappa shape index (κ2) is 2.77. The van der Waals surface area contributed by atoms with Gasteiger partial charge in [-0.05, 0) is 6.92 Å². The van der Waals surface area contributed by atoms with Gasteiger partial charge in [0, 0.05) is 13.2 Å². The van der Waals surface area contributed by atoms with Crippen LogP contribution in [0.15, 0.2) is 11.0 Å². The third kappa shape index (κ3) is 1.34. The third-order valence-electron chi connectivity index (χ3n) is 1.45. The molecule has 12 heavy (non-hydrogen) atoms. The maximum atomic E-state index is 11.1. The van der Waals surface area contributed by atoms with Crippen LogP contribution in [0.25, 0.3) is 0 Å². The van der Waals surface area contributed by atoms with Crippen molar-refractivity contribution in [3.63, 3.8) is 0 Å². The van der Waals surface area contributed by atoms with Crippen LogP contribution in [0, 0.1) is 6.92 Å². The second-order valence-corrected chi connectivity index (χ2v) is 2.43. The van der Waals surface area contributed by atoms with Crippen molar-refractivity contribution >= 4 is 5.97 Å². The Hall–Kier alpha value is -1.65. The summed E-state index contributed by atoms with van der Waals surface area (Å²) in [5.74, 6) is -1.13. The molecule has 0 saturated heterocycles. The van der Waals surface area contributed by atoms with Gasteiger partial charge in [-0.2, -0.15) is 0 Å². The number of carboxylic acids is 1. The molecule has 1 aromatic rings. The number of hydrogen-bond acceptors (Lipinski definition) is 3. The molecular formula is C7H8N2O3. The van der Waals surface area contributed by atoms with Gasteiger partial charge in [-0.15, -0.1) is 0 Å². The van der Waals surface area contributed by atoms with Gasteiger partial charge in [-0.25, -0.2) is 9.78 Å². The van der Waals surface area contributed by atoms with Crippen molar-refractivity contribution < 1.29 is 9.90 Å². The molecule has 1 rings (SSSR count). The molecule has 0 aliphatic carbocycles. The van der Waals surface area contributed by atoms with Crippen LogP contribution in [0.1, 0.15) is 16.2 Å². The van der Waals surface area contributed by atoms with E-state index >= 15 is 0 Å². The van der Waals surface area contributed by atoms with Crippen LogP contribution >= 0.6 is 0 Å². The molecule has 0 bridgehead atoms. The number of rotatable bonds is 1. The molecule has 0 amide bonds. The predicted octanol–water partition coefficient (Wildman–Crippen LogP) is -0.213. The second-order valence-electron chi connectivity index (χ2n) is 2.43. The molecule has 0 atom stereocenters. The van der Waals surface area contributed by atoms with Crippen molar-refractivity contribution in [2.45, 2.75) is 6.92 Å². The maximum absolute atomic E-state index is 11.1. The molecule has 5 nitrogen and oxygen atoms in total. The standard InChI is InChI=1S/C7H8N2O3/c1-4-6(10)9(2)3-5(8-4)7(11)12/h3H,1-2H3,(H,11,12). The largest absolute Gasteiger partial charge is 0.476 e. The lowest BCUT2D eigenvalue weighted by Gasteiger charge is -1.99. The highest BCUT2D eigenvalue weighted by atomic mass is 16.4. The van der Waals surface area contributed by atoms with Crippen LogP contribution in [-0.4, -0.2) is 20.6 Å². The van der Waals surface area contributed by atoms with Gasteiger partial charge in [0.25, 0.3) is 5.56 Å². The first-order valence-corrected chi connectivity index (χ1v) is 3.30. The molecule has 0 fully saturated rings. The Morgan fingerprint density at radius 3 is 2.67 bits per heavy atom. The minimum atomic E-state index is -1.13. The van der Waals surface area contributed by atoms with Gasteiger partial charge in [0.15, 0.2) is 5.69 Å². The fraction of sp³-hybridized carbons (Fsp3) is 0.286. The van der Waals surface area contributed by atoms with Gasteiger partial charge < -0.3 is 9.67 Å². The monoisotopic (exact) mass is 168 g/mol. The number of hydrogen-bond donors (Lipinski definition) is 1. The van der Waals surface area contributed by atoms with E-state index in [-0.39, 0.29) is 16.9 Å². The highest BCUT2D eigenvalue weighted by molar-refractivity contribution is 5.84. The summed E-state index contributed by atoms with van der Waals surface area (Å²) >= 11 is 0. The Labute approximate surface area is 68.3 Å². The number of aromatic nitrogens is 2. The minimum Gasteiger partial charge on any atom is -0.476 e. The Bertz CT molecular complexity index is 354. The zero-order chi connectivity index (χ0) is 9.30. The zero-order valence-corrected chi connectivity index (χ0v) is 6.74. The summed E-state index contributed by atoms with van der Waals surface area (Å²) in [5, 5.41) is 8.55. The van der Waals surface area contributed by atoms with E-state index in [1.807, 2.05) is 0 Å². The molecule has 1 aromatic heterocycles. The van der Waals surface area contributed by atoms with Gasteiger partial charge in [0.2, 0.25) is 0 Å². The summed E-state index contributed by atoms with van der Waals surface area (Å²) in [6, 6.07) is 0. The lowest BCUT2D eigenvalue weighted by atomic mass is 10.4. The molecule has 0 aliphatic rings. The van der Waals surface area contributed by atoms with Crippen LogP contribution in [-0.2, 0) is 7.05 Å². The van der Waals surface area contributed by atoms with E-state index in [9.17, 15) is 9.59 Å². The number of aromatic carboxylic acids is 1. The molecule has 1 N–H and O–H groups in total. The van der Waals surface area contributed by atoms with E-state index in [1.165, 1.54) is 24.7 Å². The van der Waals surface area contributed by atoms with E-state index < -0.39 is 5.97 Å². The van der Waals surface area contributed by atoms with E-state index in [2.05, 4.69) is 4.98 Å². The topological polar surface area (TPSA) is 72.2 Å². The van der Waals surface area contributed by atoms with Gasteiger partial charge in [0.05, 0.1) is 0 Å². The average Bonchev–Trinajstić information content (AvgIpc) is 1.99. The third-order valence-corrected chi connectivity index (χ3v) is 1.45. The fourth-order valence-corrected chi connectivity index (χ4v) is 0.858. The highest BCUT2D eigenvalue weighted by Gasteiger charge is 2.07. The molecule has 0 spiro atoms. The highest BCUT2D eigenvalue weighted by Crippen LogP contribution is 1.91. The van der Waals surface area contributed by atoms with Gasteiger partial charge >= 0.3 is 5.97 Å². The van der Waals surface area contributed by atoms with Crippen LogP contribution in [0.3, 0.4) is 0 Å². The SMILES string of the molecule is Cc1nc(C(=O)O)cn(C)c1=O. The molecule has 0 unspecified atom stereocenters. The van der Waals surface area contributed by atoms with Crippen molar-refractivity contribution in [2.24, 2.45) is 7.05 Å². The van der Waals surface area contributed by atoms with Crippen molar-refractivity contribution in [3.8, 4) is 0 Å². The van der Waals surface area contributed by atoms with E-state index in [0.29, 0.717) is 0 Å². The van der Waals surface area contributed by atoms with Crippen molar-refractivity contribution in [3.05, 3.63) is 27.9 Å². The summed E-state index contributed by atoms with van der Waals surface area (Å²) in [6.45, 7) is 1.48. The van der Waals surface area contributed by atoms with Crippen LogP contribution in [0.2, 0.25) is 0 Å². The Kier molecular flexibility index (Phi) is 1.95. The Morgan fingerprint density at radius 1 is 1.67 bits per heavy atom. The fourth-order valence-electron chi connectivity index (χ4n) is 0.858. The van der Waals surface area contributed by atoms with Crippen molar-refractivity contribution in [2.75, 3.05) is 0 Å². The molecule has 0 aromatic carbocycles. The molecule has 1 heterocycles. The normalized spacial score (nSPS) is 9.83. The molecule has 64 valence electrons. The smallest absolute Gasteiger partial charge is 0.356 e. The number of carboxylic acid groups (broad SMARTS) is 1. The van der Waals surface area contributed by atoms with Crippen LogP contribution < -0.4 is 5.56 Å². The summed E-state index contributed by atoms with van der Waals surface area (Å²) in [6.07, 6.45) is 1.19. The molecule has 0 radical (unpaired) electrons. The summed E-state index contributed by atoms with van der Waals surface area (Å²) < 4.78 is 1.20. The van der Waals surface area contributed by atoms with Crippen LogP contribution in [0.5, 0.6) is 0 Å². The minimum absolute atomic E-state index is 0.116. The van der Waals surface area contributed by atoms with E-state index in [0.717, 1.165) is 0 Å². The maximum Gasteiger partial charge on any atom is 0.356 e. The first kappa shape index (κ1) is 8.45. The van der Waals surface area contributed by atoms with Gasteiger partial charge in [-0.1, -0.05) is 0 Å². The lowest BCUT2D eigenvalue weighted by molar-refractivity contribution is 0.0689. The zero-order valence-electron chi connectivity index (χ0n) is 6.74. The average molecular weight is 168 g/mol. The number of carbonyl (C=O) groups is 1. The number of nitrogens with zero attached hydrogens (tertiary/aromatic N) is 2. The van der Waals surface area contributed by atoms with Crippen molar-refractivity contribution in [1.29, 1.82) is 0 Å². The summed E-state index contributed by atoms with van der Waals surface area (Å²) in [5.41, 5.74) is -0.202. The first-order chi connectivity index (χ1) is 5.52. The quantitative estimate of drug-likeness (QED) is 0.629. The number of aryl methyl sites for hydroxylation is 2. The molecule has 5 heteroatoms. The molecular weight excluding hydrogens is 160 g/mol.